The molecule has 0 saturated heterocycles. The van der Waals surface area contributed by atoms with E-state index in [9.17, 15) is 9.59 Å². The van der Waals surface area contributed by atoms with E-state index in [0.29, 0.717) is 6.42 Å². The van der Waals surface area contributed by atoms with Crippen LogP contribution < -0.4 is 0 Å². The maximum atomic E-state index is 11.0. The smallest absolute Gasteiger partial charge is 0.309 e. The van der Waals surface area contributed by atoms with E-state index in [0.717, 1.165) is 25.5 Å². The fourth-order valence-electron chi connectivity index (χ4n) is 1.85. The molecule has 3 nitrogen and oxygen atoms in total. The van der Waals surface area contributed by atoms with Crippen molar-refractivity contribution < 1.29 is 14.7 Å². The number of hydrogen-bond donors (Lipinski definition) is 1. The Morgan fingerprint density at radius 3 is 2.20 bits per heavy atom. The zero-order valence-electron chi connectivity index (χ0n) is 10.2. The second-order valence-electron chi connectivity index (χ2n) is 5.24. The number of carbonyl (C=O) groups is 2. The van der Waals surface area contributed by atoms with E-state index in [1.807, 2.05) is 6.92 Å². The molecule has 0 fully saturated rings. The summed E-state index contributed by atoms with van der Waals surface area (Å²) in [6.07, 6.45) is 4.07. The lowest BCUT2D eigenvalue weighted by Crippen LogP contribution is -2.32. The molecule has 1 N–H and O–H groups in total. The van der Waals surface area contributed by atoms with Crippen LogP contribution >= 0.6 is 0 Å². The summed E-state index contributed by atoms with van der Waals surface area (Å²) >= 11 is 0. The predicted octanol–water partition coefficient (Wildman–Crippen LogP) is 2.88. The predicted molar refractivity (Wildman–Crippen MR) is 59.7 cm³/mol. The van der Waals surface area contributed by atoms with E-state index < -0.39 is 16.8 Å². The molecule has 0 saturated carbocycles. The van der Waals surface area contributed by atoms with Crippen LogP contribution in [0.4, 0.5) is 0 Å². The summed E-state index contributed by atoms with van der Waals surface area (Å²) in [5.74, 6) is -0.841. The lowest BCUT2D eigenvalue weighted by Gasteiger charge is -2.30. The first kappa shape index (κ1) is 14.1. The summed E-state index contributed by atoms with van der Waals surface area (Å²) in [6.45, 7) is 7.25. The molecule has 1 unspecified atom stereocenters. The van der Waals surface area contributed by atoms with Crippen molar-refractivity contribution >= 4 is 12.3 Å². The third-order valence-corrected chi connectivity index (χ3v) is 2.81. The lowest BCUT2D eigenvalue weighted by atomic mass is 9.72. The number of unbranched alkanes of at least 4 members (excludes halogenated alkanes) is 1. The molecular formula is C12H22O3. The third kappa shape index (κ3) is 4.45. The molecular weight excluding hydrogens is 192 g/mol. The number of hydrogen-bond acceptors (Lipinski definition) is 2. The first-order valence-corrected chi connectivity index (χ1v) is 5.47. The first-order chi connectivity index (χ1) is 6.77. The fraction of sp³-hybridized carbons (Fsp3) is 0.833. The van der Waals surface area contributed by atoms with E-state index >= 15 is 0 Å². The minimum atomic E-state index is -0.841. The second kappa shape index (κ2) is 5.29. The van der Waals surface area contributed by atoms with Crippen molar-refractivity contribution in [3.8, 4) is 0 Å². The van der Waals surface area contributed by atoms with Gasteiger partial charge in [-0.05, 0) is 26.7 Å². The van der Waals surface area contributed by atoms with Crippen molar-refractivity contribution in [2.75, 3.05) is 0 Å². The van der Waals surface area contributed by atoms with Crippen molar-refractivity contribution in [2.45, 2.75) is 53.4 Å². The van der Waals surface area contributed by atoms with Crippen molar-refractivity contribution in [3.05, 3.63) is 0 Å². The van der Waals surface area contributed by atoms with Crippen LogP contribution in [-0.2, 0) is 9.59 Å². The standard InChI is InChI=1S/C12H22O3/c1-5-6-7-12(4,9-13)8-11(2,3)10(14)15/h9H,5-8H2,1-4H3,(H,14,15). The number of aliphatic carboxylic acids is 1. The molecule has 0 aliphatic rings. The van der Waals surface area contributed by atoms with Gasteiger partial charge in [0, 0.05) is 5.41 Å². The second-order valence-corrected chi connectivity index (χ2v) is 5.24. The van der Waals surface area contributed by atoms with Crippen LogP contribution in [0.1, 0.15) is 53.4 Å². The molecule has 88 valence electrons. The summed E-state index contributed by atoms with van der Waals surface area (Å²) in [4.78, 5) is 22.0. The maximum absolute atomic E-state index is 11.0. The molecule has 0 rings (SSSR count). The zero-order chi connectivity index (χ0) is 12.1. The highest BCUT2D eigenvalue weighted by atomic mass is 16.4. The number of rotatable bonds is 7. The Labute approximate surface area is 91.9 Å². The Kier molecular flexibility index (Phi) is 4.98. The molecule has 0 aromatic heterocycles. The molecule has 0 aliphatic carbocycles. The van der Waals surface area contributed by atoms with Crippen molar-refractivity contribution in [2.24, 2.45) is 10.8 Å². The van der Waals surface area contributed by atoms with Gasteiger partial charge in [0.2, 0.25) is 0 Å². The average Bonchev–Trinajstić information content (AvgIpc) is 2.14. The van der Waals surface area contributed by atoms with Crippen LogP contribution in [0.5, 0.6) is 0 Å². The van der Waals surface area contributed by atoms with Crippen molar-refractivity contribution in [3.63, 3.8) is 0 Å². The Morgan fingerprint density at radius 1 is 1.33 bits per heavy atom. The monoisotopic (exact) mass is 214 g/mol. The normalized spacial score (nSPS) is 15.7. The van der Waals surface area contributed by atoms with Crippen LogP contribution in [0.3, 0.4) is 0 Å². The molecule has 3 heteroatoms. The van der Waals surface area contributed by atoms with Gasteiger partial charge >= 0.3 is 5.97 Å². The minimum absolute atomic E-state index is 0.402. The van der Waals surface area contributed by atoms with Gasteiger partial charge in [0.25, 0.3) is 0 Å². The molecule has 15 heavy (non-hydrogen) atoms. The SMILES string of the molecule is CCCCC(C)(C=O)CC(C)(C)C(=O)O. The Balaban J connectivity index is 4.55. The maximum Gasteiger partial charge on any atom is 0.309 e. The highest BCUT2D eigenvalue weighted by Gasteiger charge is 2.36. The van der Waals surface area contributed by atoms with Crippen LogP contribution in [0.2, 0.25) is 0 Å². The molecule has 0 spiro atoms. The van der Waals surface area contributed by atoms with Gasteiger partial charge in [0.05, 0.1) is 5.41 Å². The highest BCUT2D eigenvalue weighted by molar-refractivity contribution is 5.74. The van der Waals surface area contributed by atoms with Gasteiger partial charge in [-0.3, -0.25) is 4.79 Å². The topological polar surface area (TPSA) is 54.4 Å². The summed E-state index contributed by atoms with van der Waals surface area (Å²) in [6, 6.07) is 0. The van der Waals surface area contributed by atoms with Crippen molar-refractivity contribution in [1.29, 1.82) is 0 Å². The van der Waals surface area contributed by atoms with Gasteiger partial charge in [-0.15, -0.1) is 0 Å². The molecule has 0 radical (unpaired) electrons. The van der Waals surface area contributed by atoms with E-state index in [-0.39, 0.29) is 0 Å². The molecule has 0 bridgehead atoms. The van der Waals surface area contributed by atoms with Crippen LogP contribution in [0.15, 0.2) is 0 Å². The summed E-state index contributed by atoms with van der Waals surface area (Å²) in [5.41, 5.74) is -1.33. The number of carbonyl (C=O) groups excluding carboxylic acids is 1. The average molecular weight is 214 g/mol. The van der Waals surface area contributed by atoms with Gasteiger partial charge < -0.3 is 9.90 Å². The van der Waals surface area contributed by atoms with Crippen LogP contribution in [-0.4, -0.2) is 17.4 Å². The molecule has 0 aliphatic heterocycles. The summed E-state index contributed by atoms with van der Waals surface area (Å²) < 4.78 is 0. The molecule has 0 aromatic carbocycles. The van der Waals surface area contributed by atoms with Crippen molar-refractivity contribution in [1.82, 2.24) is 0 Å². The largest absolute Gasteiger partial charge is 0.481 e. The highest BCUT2D eigenvalue weighted by Crippen LogP contribution is 2.36. The summed E-state index contributed by atoms with van der Waals surface area (Å²) in [5, 5.41) is 9.01. The Bertz CT molecular complexity index is 233. The zero-order valence-corrected chi connectivity index (χ0v) is 10.2. The Morgan fingerprint density at radius 2 is 1.87 bits per heavy atom. The van der Waals surface area contributed by atoms with E-state index in [2.05, 4.69) is 6.92 Å². The first-order valence-electron chi connectivity index (χ1n) is 5.47. The molecule has 0 amide bonds. The van der Waals surface area contributed by atoms with E-state index in [1.165, 1.54) is 0 Å². The van der Waals surface area contributed by atoms with E-state index in [1.54, 1.807) is 13.8 Å². The molecule has 0 heterocycles. The van der Waals surface area contributed by atoms with Gasteiger partial charge in [-0.2, -0.15) is 0 Å². The van der Waals surface area contributed by atoms with Gasteiger partial charge in [0.1, 0.15) is 6.29 Å². The third-order valence-electron chi connectivity index (χ3n) is 2.81. The Hall–Kier alpha value is -0.860. The minimum Gasteiger partial charge on any atom is -0.481 e. The molecule has 0 aromatic rings. The van der Waals surface area contributed by atoms with Gasteiger partial charge in [-0.25, -0.2) is 0 Å². The van der Waals surface area contributed by atoms with Gasteiger partial charge in [-0.1, -0.05) is 26.7 Å². The summed E-state index contributed by atoms with van der Waals surface area (Å²) in [7, 11) is 0. The lowest BCUT2D eigenvalue weighted by molar-refractivity contribution is -0.149. The fourth-order valence-corrected chi connectivity index (χ4v) is 1.85. The quantitative estimate of drug-likeness (QED) is 0.663. The van der Waals surface area contributed by atoms with E-state index in [4.69, 9.17) is 5.11 Å². The molecule has 1 atom stereocenters. The van der Waals surface area contributed by atoms with Crippen LogP contribution in [0.25, 0.3) is 0 Å². The van der Waals surface area contributed by atoms with Gasteiger partial charge in [0.15, 0.2) is 0 Å². The number of aldehydes is 1. The number of carboxylic acids is 1. The van der Waals surface area contributed by atoms with Crippen LogP contribution in [0, 0.1) is 10.8 Å². The number of carboxylic acid groups (broad SMARTS) is 1.